The fourth-order valence-electron chi connectivity index (χ4n) is 1.31. The second kappa shape index (κ2) is 4.55. The summed E-state index contributed by atoms with van der Waals surface area (Å²) in [6.45, 7) is 0.555. The number of carbonyl (C=O) groups excluding carboxylic acids is 1. The Morgan fingerprint density at radius 2 is 2.07 bits per heavy atom. The molecule has 80 valence electrons. The predicted octanol–water partition coefficient (Wildman–Crippen LogP) is 0.286. The zero-order valence-electron chi connectivity index (χ0n) is 8.10. The molecule has 0 spiro atoms. The minimum absolute atomic E-state index is 0.0325. The van der Waals surface area contributed by atoms with E-state index in [1.54, 1.807) is 0 Å². The number of benzene rings is 1. The van der Waals surface area contributed by atoms with Crippen LogP contribution in [0.25, 0.3) is 0 Å². The van der Waals surface area contributed by atoms with Gasteiger partial charge in [-0.15, -0.1) is 0 Å². The SMILES string of the molecule is O=C1CC(S(=O)NCc2ccccc2)N1. The van der Waals surface area contributed by atoms with Gasteiger partial charge in [0.05, 0.1) is 6.42 Å². The summed E-state index contributed by atoms with van der Waals surface area (Å²) in [4.78, 5) is 10.6. The lowest BCUT2D eigenvalue weighted by Crippen LogP contribution is -2.53. The van der Waals surface area contributed by atoms with E-state index in [9.17, 15) is 9.00 Å². The van der Waals surface area contributed by atoms with Crippen molar-refractivity contribution in [3.05, 3.63) is 35.9 Å². The molecular weight excluding hydrogens is 212 g/mol. The lowest BCUT2D eigenvalue weighted by atomic mass is 10.2. The predicted molar refractivity (Wildman–Crippen MR) is 58.0 cm³/mol. The highest BCUT2D eigenvalue weighted by atomic mass is 32.2. The molecule has 0 aromatic heterocycles. The van der Waals surface area contributed by atoms with Gasteiger partial charge in [0.15, 0.2) is 0 Å². The Bertz CT molecular complexity index is 372. The van der Waals surface area contributed by atoms with Crippen LogP contribution in [0.5, 0.6) is 0 Å². The molecule has 1 fully saturated rings. The number of rotatable bonds is 4. The highest BCUT2D eigenvalue weighted by molar-refractivity contribution is 7.83. The molecule has 2 atom stereocenters. The first-order valence-electron chi connectivity index (χ1n) is 4.73. The van der Waals surface area contributed by atoms with Gasteiger partial charge >= 0.3 is 0 Å². The lowest BCUT2D eigenvalue weighted by molar-refractivity contribution is -0.126. The van der Waals surface area contributed by atoms with E-state index in [1.807, 2.05) is 30.3 Å². The van der Waals surface area contributed by atoms with Gasteiger partial charge in [-0.1, -0.05) is 30.3 Å². The van der Waals surface area contributed by atoms with Gasteiger partial charge in [-0.25, -0.2) is 8.93 Å². The van der Waals surface area contributed by atoms with Crippen molar-refractivity contribution in [2.45, 2.75) is 18.3 Å². The number of amides is 1. The smallest absolute Gasteiger partial charge is 0.224 e. The summed E-state index contributed by atoms with van der Waals surface area (Å²) in [6.07, 6.45) is 0.356. The van der Waals surface area contributed by atoms with Gasteiger partial charge in [-0.05, 0) is 5.56 Å². The summed E-state index contributed by atoms with van der Waals surface area (Å²) < 4.78 is 14.4. The Labute approximate surface area is 90.7 Å². The van der Waals surface area contributed by atoms with Crippen molar-refractivity contribution in [1.29, 1.82) is 0 Å². The van der Waals surface area contributed by atoms with Crippen LogP contribution in [-0.4, -0.2) is 15.5 Å². The Balaban J connectivity index is 1.79. The largest absolute Gasteiger partial charge is 0.340 e. The lowest BCUT2D eigenvalue weighted by Gasteiger charge is -2.25. The molecule has 1 aliphatic rings. The molecule has 0 radical (unpaired) electrons. The first-order valence-corrected chi connectivity index (χ1v) is 5.94. The molecule has 0 aliphatic carbocycles. The molecule has 2 N–H and O–H groups in total. The molecule has 2 unspecified atom stereocenters. The fourth-order valence-corrected chi connectivity index (χ4v) is 2.36. The van der Waals surface area contributed by atoms with E-state index in [0.717, 1.165) is 5.56 Å². The van der Waals surface area contributed by atoms with Crippen molar-refractivity contribution in [2.24, 2.45) is 0 Å². The standard InChI is InChI=1S/C10H12N2O2S/c13-9-6-10(12-9)15(14)11-7-8-4-2-1-3-5-8/h1-5,10-11H,6-7H2,(H,12,13). The first kappa shape index (κ1) is 10.3. The van der Waals surface area contributed by atoms with Gasteiger partial charge in [0, 0.05) is 6.54 Å². The zero-order chi connectivity index (χ0) is 10.7. The summed E-state index contributed by atoms with van der Waals surface area (Å²) in [5.41, 5.74) is 1.08. The maximum absolute atomic E-state index is 11.5. The molecule has 1 aromatic carbocycles. The van der Waals surface area contributed by atoms with Crippen molar-refractivity contribution in [3.63, 3.8) is 0 Å². The third kappa shape index (κ3) is 2.64. The van der Waals surface area contributed by atoms with Crippen molar-refractivity contribution in [2.75, 3.05) is 0 Å². The average molecular weight is 224 g/mol. The highest BCUT2D eigenvalue weighted by Crippen LogP contribution is 2.07. The normalized spacial score (nSPS) is 21.6. The van der Waals surface area contributed by atoms with Crippen molar-refractivity contribution < 1.29 is 9.00 Å². The number of carbonyl (C=O) groups is 1. The number of β-lactam (4-membered cyclic amide) rings is 1. The van der Waals surface area contributed by atoms with E-state index in [2.05, 4.69) is 10.0 Å². The summed E-state index contributed by atoms with van der Waals surface area (Å²) in [7, 11) is -1.18. The van der Waals surface area contributed by atoms with Gasteiger partial charge in [-0.3, -0.25) is 4.79 Å². The van der Waals surface area contributed by atoms with Crippen molar-refractivity contribution in [3.8, 4) is 0 Å². The molecule has 1 aliphatic heterocycles. The van der Waals surface area contributed by atoms with E-state index < -0.39 is 11.0 Å². The highest BCUT2D eigenvalue weighted by Gasteiger charge is 2.30. The van der Waals surface area contributed by atoms with Crippen LogP contribution in [0.15, 0.2) is 30.3 Å². The van der Waals surface area contributed by atoms with E-state index in [-0.39, 0.29) is 11.3 Å². The topological polar surface area (TPSA) is 58.2 Å². The van der Waals surface area contributed by atoms with Gasteiger partial charge in [0.25, 0.3) is 0 Å². The minimum atomic E-state index is -1.18. The molecule has 0 bridgehead atoms. The maximum Gasteiger partial charge on any atom is 0.224 e. The summed E-state index contributed by atoms with van der Waals surface area (Å²) in [6, 6.07) is 9.73. The quantitative estimate of drug-likeness (QED) is 0.722. The molecule has 2 rings (SSSR count). The van der Waals surface area contributed by atoms with E-state index in [4.69, 9.17) is 0 Å². The van der Waals surface area contributed by atoms with E-state index in [0.29, 0.717) is 13.0 Å². The second-order valence-corrected chi connectivity index (χ2v) is 4.82. The monoisotopic (exact) mass is 224 g/mol. The Morgan fingerprint density at radius 1 is 1.40 bits per heavy atom. The molecule has 4 nitrogen and oxygen atoms in total. The zero-order valence-corrected chi connectivity index (χ0v) is 8.92. The van der Waals surface area contributed by atoms with Crippen LogP contribution in [0.1, 0.15) is 12.0 Å². The van der Waals surface area contributed by atoms with Gasteiger partial charge in [0.1, 0.15) is 16.4 Å². The molecule has 1 heterocycles. The molecule has 1 amide bonds. The van der Waals surface area contributed by atoms with Crippen LogP contribution in [-0.2, 0) is 22.3 Å². The third-order valence-electron chi connectivity index (χ3n) is 2.21. The van der Waals surface area contributed by atoms with Crippen LogP contribution >= 0.6 is 0 Å². The van der Waals surface area contributed by atoms with Crippen LogP contribution in [0, 0.1) is 0 Å². The number of nitrogens with one attached hydrogen (secondary N) is 2. The van der Waals surface area contributed by atoms with Gasteiger partial charge in [0.2, 0.25) is 5.91 Å². The van der Waals surface area contributed by atoms with E-state index in [1.165, 1.54) is 0 Å². The Hall–Kier alpha value is -1.20. The molecular formula is C10H12N2O2S. The molecule has 15 heavy (non-hydrogen) atoms. The van der Waals surface area contributed by atoms with Gasteiger partial charge < -0.3 is 5.32 Å². The van der Waals surface area contributed by atoms with Gasteiger partial charge in [-0.2, -0.15) is 0 Å². The van der Waals surface area contributed by atoms with Crippen molar-refractivity contribution in [1.82, 2.24) is 10.0 Å². The third-order valence-corrected chi connectivity index (χ3v) is 3.44. The molecule has 5 heteroatoms. The number of hydrogen-bond donors (Lipinski definition) is 2. The summed E-state index contributed by atoms with van der Waals surface area (Å²) in [5, 5.41) is 2.36. The first-order chi connectivity index (χ1) is 7.25. The van der Waals surface area contributed by atoms with Crippen LogP contribution in [0.4, 0.5) is 0 Å². The summed E-state index contributed by atoms with van der Waals surface area (Å²) >= 11 is 0. The van der Waals surface area contributed by atoms with Crippen LogP contribution in [0.3, 0.4) is 0 Å². The van der Waals surface area contributed by atoms with Crippen LogP contribution in [0.2, 0.25) is 0 Å². The minimum Gasteiger partial charge on any atom is -0.340 e. The molecule has 1 saturated heterocycles. The summed E-state index contributed by atoms with van der Waals surface area (Å²) in [5.74, 6) is -0.0325. The van der Waals surface area contributed by atoms with Crippen LogP contribution < -0.4 is 10.0 Å². The average Bonchev–Trinajstić information content (AvgIpc) is 2.23. The molecule has 0 saturated carbocycles. The Morgan fingerprint density at radius 3 is 2.67 bits per heavy atom. The maximum atomic E-state index is 11.5. The van der Waals surface area contributed by atoms with E-state index >= 15 is 0 Å². The fraction of sp³-hybridized carbons (Fsp3) is 0.300. The second-order valence-electron chi connectivity index (χ2n) is 3.36. The Kier molecular flexibility index (Phi) is 3.13. The van der Waals surface area contributed by atoms with Crippen molar-refractivity contribution >= 4 is 16.9 Å². The number of hydrogen-bond acceptors (Lipinski definition) is 2. The molecule has 1 aromatic rings.